The van der Waals surface area contributed by atoms with Crippen molar-refractivity contribution in [2.45, 2.75) is 27.3 Å². The quantitative estimate of drug-likeness (QED) is 0.770. The van der Waals surface area contributed by atoms with Gasteiger partial charge in [-0.2, -0.15) is 0 Å². The van der Waals surface area contributed by atoms with Crippen LogP contribution in [0.5, 0.6) is 0 Å². The van der Waals surface area contributed by atoms with Crippen LogP contribution in [0.1, 0.15) is 29.2 Å². The molecule has 1 aliphatic heterocycles. The molecule has 0 saturated carbocycles. The summed E-state index contributed by atoms with van der Waals surface area (Å²) in [4.78, 5) is 31.7. The van der Waals surface area contributed by atoms with E-state index in [9.17, 15) is 9.59 Å². The largest absolute Gasteiger partial charge is 0.269 e. The van der Waals surface area contributed by atoms with Gasteiger partial charge in [-0.1, -0.05) is 25.1 Å². The Kier molecular flexibility index (Phi) is 5.04. The van der Waals surface area contributed by atoms with Crippen LogP contribution in [-0.2, 0) is 16.1 Å². The Labute approximate surface area is 152 Å². The molecule has 0 saturated heterocycles. The van der Waals surface area contributed by atoms with Crippen LogP contribution in [0.2, 0.25) is 0 Å². The van der Waals surface area contributed by atoms with E-state index in [2.05, 4.69) is 4.98 Å². The third-order valence-corrected chi connectivity index (χ3v) is 5.26. The lowest BCUT2D eigenvalue weighted by Crippen LogP contribution is -2.30. The lowest BCUT2D eigenvalue weighted by atomic mass is 10.0. The van der Waals surface area contributed by atoms with Gasteiger partial charge in [-0.3, -0.25) is 19.5 Å². The molecule has 0 fully saturated rings. The van der Waals surface area contributed by atoms with Crippen LogP contribution in [0, 0.1) is 13.8 Å². The van der Waals surface area contributed by atoms with Crippen molar-refractivity contribution in [3.63, 3.8) is 0 Å². The molecule has 0 bridgehead atoms. The molecule has 0 atom stereocenters. The van der Waals surface area contributed by atoms with Crippen molar-refractivity contribution in [2.24, 2.45) is 0 Å². The Morgan fingerprint density at radius 3 is 2.36 bits per heavy atom. The van der Waals surface area contributed by atoms with Crippen LogP contribution in [0.4, 0.5) is 0 Å². The molecular formula is C20H20N2O2S. The number of carbonyl (C=O) groups excluding carboxylic acids is 2. The van der Waals surface area contributed by atoms with Gasteiger partial charge in [0.2, 0.25) is 0 Å². The van der Waals surface area contributed by atoms with E-state index in [1.54, 1.807) is 12.4 Å². The van der Waals surface area contributed by atoms with E-state index in [-0.39, 0.29) is 18.4 Å². The van der Waals surface area contributed by atoms with Gasteiger partial charge in [-0.25, -0.2) is 0 Å². The molecule has 1 aliphatic rings. The lowest BCUT2D eigenvalue weighted by molar-refractivity contribution is -0.137. The monoisotopic (exact) mass is 352 g/mol. The van der Waals surface area contributed by atoms with Crippen LogP contribution in [0.15, 0.2) is 47.6 Å². The Balaban J connectivity index is 2.00. The zero-order chi connectivity index (χ0) is 18.0. The fourth-order valence-corrected chi connectivity index (χ4v) is 3.67. The van der Waals surface area contributed by atoms with Gasteiger partial charge in [0, 0.05) is 12.4 Å². The highest BCUT2D eigenvalue weighted by Gasteiger charge is 2.38. The van der Waals surface area contributed by atoms with Gasteiger partial charge in [0.1, 0.15) is 0 Å². The van der Waals surface area contributed by atoms with Crippen molar-refractivity contribution in [1.82, 2.24) is 9.88 Å². The van der Waals surface area contributed by atoms with Crippen LogP contribution in [0.3, 0.4) is 0 Å². The van der Waals surface area contributed by atoms with Crippen molar-refractivity contribution >= 4 is 29.1 Å². The smallest absolute Gasteiger partial charge is 0.268 e. The van der Waals surface area contributed by atoms with Crippen molar-refractivity contribution < 1.29 is 9.59 Å². The fraction of sp³-hybridized carbons (Fsp3) is 0.250. The Bertz CT molecular complexity index is 859. The predicted molar refractivity (Wildman–Crippen MR) is 101 cm³/mol. The number of amides is 2. The number of hydrogen-bond acceptors (Lipinski definition) is 4. The minimum absolute atomic E-state index is 0.207. The molecular weight excluding hydrogens is 332 g/mol. The highest BCUT2D eigenvalue weighted by molar-refractivity contribution is 8.04. The highest BCUT2D eigenvalue weighted by Crippen LogP contribution is 2.37. The Morgan fingerprint density at radius 2 is 1.72 bits per heavy atom. The van der Waals surface area contributed by atoms with Crippen molar-refractivity contribution in [2.75, 3.05) is 5.75 Å². The average molecular weight is 352 g/mol. The van der Waals surface area contributed by atoms with Crippen molar-refractivity contribution in [1.29, 1.82) is 0 Å². The highest BCUT2D eigenvalue weighted by atomic mass is 32.2. The van der Waals surface area contributed by atoms with E-state index in [1.165, 1.54) is 22.2 Å². The molecule has 2 amide bonds. The number of rotatable bonds is 5. The zero-order valence-corrected chi connectivity index (χ0v) is 15.4. The third kappa shape index (κ3) is 3.37. The molecule has 0 aliphatic carbocycles. The summed E-state index contributed by atoms with van der Waals surface area (Å²) < 4.78 is 0. The number of aromatic nitrogens is 1. The standard InChI is InChI=1S/C20H20N2O2S/c1-4-25-18-17(16-6-5-13(2)14(3)11-16)19(23)22(20(18)24)12-15-7-9-21-10-8-15/h5-11H,4,12H2,1-3H3. The summed E-state index contributed by atoms with van der Waals surface area (Å²) in [6.07, 6.45) is 3.33. The summed E-state index contributed by atoms with van der Waals surface area (Å²) in [6, 6.07) is 9.55. The number of pyridine rings is 1. The van der Waals surface area contributed by atoms with E-state index in [4.69, 9.17) is 0 Å². The summed E-state index contributed by atoms with van der Waals surface area (Å²) >= 11 is 1.43. The normalized spacial score (nSPS) is 14.6. The van der Waals surface area contributed by atoms with Gasteiger partial charge in [0.25, 0.3) is 11.8 Å². The summed E-state index contributed by atoms with van der Waals surface area (Å²) in [6.45, 7) is 6.30. The second-order valence-electron chi connectivity index (χ2n) is 5.99. The molecule has 2 aromatic rings. The maximum Gasteiger partial charge on any atom is 0.268 e. The summed E-state index contributed by atoms with van der Waals surface area (Å²) in [5.41, 5.74) is 4.50. The number of aryl methyl sites for hydroxylation is 2. The summed E-state index contributed by atoms with van der Waals surface area (Å²) in [5.74, 6) is 0.314. The first-order chi connectivity index (χ1) is 12.0. The van der Waals surface area contributed by atoms with Gasteiger partial charge < -0.3 is 0 Å². The maximum absolute atomic E-state index is 13.0. The minimum atomic E-state index is -0.221. The van der Waals surface area contributed by atoms with Gasteiger partial charge in [0.15, 0.2) is 0 Å². The molecule has 25 heavy (non-hydrogen) atoms. The van der Waals surface area contributed by atoms with Crippen molar-refractivity contribution in [3.8, 4) is 0 Å². The average Bonchev–Trinajstić information content (AvgIpc) is 2.83. The minimum Gasteiger partial charge on any atom is -0.269 e. The van der Waals surface area contributed by atoms with Crippen molar-refractivity contribution in [3.05, 3.63) is 69.9 Å². The van der Waals surface area contributed by atoms with Gasteiger partial charge in [-0.05, 0) is 54.0 Å². The zero-order valence-electron chi connectivity index (χ0n) is 14.6. The van der Waals surface area contributed by atoms with Crippen LogP contribution in [-0.4, -0.2) is 27.5 Å². The molecule has 0 N–H and O–H groups in total. The van der Waals surface area contributed by atoms with E-state index in [1.807, 2.05) is 51.1 Å². The van der Waals surface area contributed by atoms with Crippen LogP contribution in [0.25, 0.3) is 5.57 Å². The predicted octanol–water partition coefficient (Wildman–Crippen LogP) is 3.73. The van der Waals surface area contributed by atoms with Crippen LogP contribution < -0.4 is 0 Å². The molecule has 1 aromatic heterocycles. The van der Waals surface area contributed by atoms with E-state index < -0.39 is 0 Å². The third-order valence-electron chi connectivity index (χ3n) is 4.30. The first kappa shape index (κ1) is 17.4. The first-order valence-electron chi connectivity index (χ1n) is 8.22. The molecule has 5 heteroatoms. The SMILES string of the molecule is CCSC1=C(c2ccc(C)c(C)c2)C(=O)N(Cc2ccncc2)C1=O. The fourth-order valence-electron chi connectivity index (χ4n) is 2.80. The van der Waals surface area contributed by atoms with Gasteiger partial charge in [0.05, 0.1) is 17.0 Å². The molecule has 0 unspecified atom stereocenters. The Hall–Kier alpha value is -2.40. The van der Waals surface area contributed by atoms with Gasteiger partial charge >= 0.3 is 0 Å². The lowest BCUT2D eigenvalue weighted by Gasteiger charge is -2.15. The van der Waals surface area contributed by atoms with Crippen LogP contribution >= 0.6 is 11.8 Å². The molecule has 0 spiro atoms. The van der Waals surface area contributed by atoms with E-state index >= 15 is 0 Å². The number of nitrogens with zero attached hydrogens (tertiary/aromatic N) is 2. The van der Waals surface area contributed by atoms with E-state index in [0.29, 0.717) is 10.5 Å². The topological polar surface area (TPSA) is 50.3 Å². The number of carbonyl (C=O) groups is 2. The molecule has 1 aromatic carbocycles. The number of imide groups is 1. The molecule has 0 radical (unpaired) electrons. The number of benzene rings is 1. The Morgan fingerprint density at radius 1 is 1.00 bits per heavy atom. The first-order valence-corrected chi connectivity index (χ1v) is 9.21. The maximum atomic E-state index is 13.0. The van der Waals surface area contributed by atoms with E-state index in [0.717, 1.165) is 22.4 Å². The van der Waals surface area contributed by atoms with Gasteiger partial charge in [-0.15, -0.1) is 11.8 Å². The molecule has 128 valence electrons. The second kappa shape index (κ2) is 7.23. The molecule has 4 nitrogen and oxygen atoms in total. The number of thioether (sulfide) groups is 1. The molecule has 2 heterocycles. The summed E-state index contributed by atoms with van der Waals surface area (Å²) in [7, 11) is 0. The summed E-state index contributed by atoms with van der Waals surface area (Å²) in [5, 5.41) is 0. The second-order valence-corrected chi connectivity index (χ2v) is 7.26. The molecule has 3 rings (SSSR count). The number of hydrogen-bond donors (Lipinski definition) is 0.